The zero-order valence-corrected chi connectivity index (χ0v) is 8.72. The molecule has 1 unspecified atom stereocenters. The molecule has 2 rings (SSSR count). The molecule has 0 saturated carbocycles. The summed E-state index contributed by atoms with van der Waals surface area (Å²) in [5, 5.41) is 2.70. The molecule has 1 aromatic rings. The number of hydrogen-bond donors (Lipinski definition) is 1. The van der Waals surface area contributed by atoms with Crippen LogP contribution in [0.2, 0.25) is 0 Å². The Bertz CT molecular complexity index is 434. The highest BCUT2D eigenvalue weighted by Crippen LogP contribution is 2.29. The first-order chi connectivity index (χ1) is 7.61. The van der Waals surface area contributed by atoms with E-state index in [-0.39, 0.29) is 18.7 Å². The van der Waals surface area contributed by atoms with Gasteiger partial charge < -0.3 is 10.1 Å². The second-order valence-electron chi connectivity index (χ2n) is 3.57. The van der Waals surface area contributed by atoms with Gasteiger partial charge in [-0.3, -0.25) is 0 Å². The van der Waals surface area contributed by atoms with Crippen LogP contribution in [-0.2, 0) is 16.0 Å². The van der Waals surface area contributed by atoms with Gasteiger partial charge in [0.1, 0.15) is 17.7 Å². The number of fused-ring (bicyclic) bond motifs is 1. The van der Waals surface area contributed by atoms with Crippen LogP contribution in [-0.4, -0.2) is 18.6 Å². The zero-order chi connectivity index (χ0) is 11.7. The average Bonchev–Trinajstić information content (AvgIpc) is 2.62. The van der Waals surface area contributed by atoms with Crippen molar-refractivity contribution in [2.24, 2.45) is 0 Å². The van der Waals surface area contributed by atoms with Gasteiger partial charge in [0, 0.05) is 12.5 Å². The molecule has 1 N–H and O–H groups in total. The number of halogens is 2. The SMILES string of the molecule is CCOC(=O)C1Cc2cc(F)cc(F)c2N1. The normalized spacial score (nSPS) is 17.8. The number of carbonyl (C=O) groups excluding carboxylic acids is 1. The number of esters is 1. The summed E-state index contributed by atoms with van der Waals surface area (Å²) in [7, 11) is 0. The maximum atomic E-state index is 13.3. The third kappa shape index (κ3) is 1.85. The fraction of sp³-hybridized carbons (Fsp3) is 0.364. The van der Waals surface area contributed by atoms with Crippen molar-refractivity contribution in [2.75, 3.05) is 11.9 Å². The fourth-order valence-electron chi connectivity index (χ4n) is 1.78. The van der Waals surface area contributed by atoms with Crippen molar-refractivity contribution in [3.8, 4) is 0 Å². The molecule has 0 spiro atoms. The van der Waals surface area contributed by atoms with E-state index in [9.17, 15) is 13.6 Å². The highest BCUT2D eigenvalue weighted by atomic mass is 19.1. The Morgan fingerprint density at radius 1 is 1.56 bits per heavy atom. The predicted molar refractivity (Wildman–Crippen MR) is 54.1 cm³/mol. The van der Waals surface area contributed by atoms with Crippen molar-refractivity contribution < 1.29 is 18.3 Å². The van der Waals surface area contributed by atoms with Crippen molar-refractivity contribution in [1.29, 1.82) is 0 Å². The van der Waals surface area contributed by atoms with Gasteiger partial charge in [-0.05, 0) is 18.6 Å². The Balaban J connectivity index is 2.21. The quantitative estimate of drug-likeness (QED) is 0.784. The monoisotopic (exact) mass is 227 g/mol. The molecule has 0 amide bonds. The Hall–Kier alpha value is -1.65. The lowest BCUT2D eigenvalue weighted by molar-refractivity contribution is -0.143. The van der Waals surface area contributed by atoms with Gasteiger partial charge in [0.2, 0.25) is 0 Å². The van der Waals surface area contributed by atoms with Crippen molar-refractivity contribution in [2.45, 2.75) is 19.4 Å². The lowest BCUT2D eigenvalue weighted by atomic mass is 10.1. The van der Waals surface area contributed by atoms with Crippen molar-refractivity contribution >= 4 is 11.7 Å². The predicted octanol–water partition coefficient (Wildman–Crippen LogP) is 1.86. The molecular weight excluding hydrogens is 216 g/mol. The highest BCUT2D eigenvalue weighted by Gasteiger charge is 2.30. The van der Waals surface area contributed by atoms with Gasteiger partial charge in [0.25, 0.3) is 0 Å². The van der Waals surface area contributed by atoms with Crippen molar-refractivity contribution in [3.63, 3.8) is 0 Å². The number of hydrogen-bond acceptors (Lipinski definition) is 3. The number of nitrogens with one attached hydrogen (secondary N) is 1. The highest BCUT2D eigenvalue weighted by molar-refractivity contribution is 5.83. The Morgan fingerprint density at radius 3 is 3.00 bits per heavy atom. The number of ether oxygens (including phenoxy) is 1. The van der Waals surface area contributed by atoms with Crippen LogP contribution in [0.25, 0.3) is 0 Å². The molecule has 1 aliphatic heterocycles. The number of benzene rings is 1. The number of rotatable bonds is 2. The molecule has 1 atom stereocenters. The molecule has 0 radical (unpaired) electrons. The summed E-state index contributed by atoms with van der Waals surface area (Å²) in [6, 6.07) is 1.40. The molecule has 5 heteroatoms. The third-order valence-electron chi connectivity index (χ3n) is 2.45. The van der Waals surface area contributed by atoms with E-state index in [1.165, 1.54) is 6.07 Å². The second kappa shape index (κ2) is 4.08. The summed E-state index contributed by atoms with van der Waals surface area (Å²) in [4.78, 5) is 11.4. The van der Waals surface area contributed by atoms with Crippen molar-refractivity contribution in [1.82, 2.24) is 0 Å². The standard InChI is InChI=1S/C11H11F2NO2/c1-2-16-11(15)9-4-6-3-7(12)5-8(13)10(6)14-9/h3,5,9,14H,2,4H2,1H3. The van der Waals surface area contributed by atoms with Gasteiger partial charge >= 0.3 is 5.97 Å². The van der Waals surface area contributed by atoms with E-state index in [4.69, 9.17) is 4.74 Å². The summed E-state index contributed by atoms with van der Waals surface area (Å²) in [5.74, 6) is -1.76. The molecule has 1 heterocycles. The van der Waals surface area contributed by atoms with Gasteiger partial charge in [-0.15, -0.1) is 0 Å². The molecule has 86 valence electrons. The van der Waals surface area contributed by atoms with Gasteiger partial charge in [-0.1, -0.05) is 0 Å². The first-order valence-electron chi connectivity index (χ1n) is 5.03. The Kier molecular flexibility index (Phi) is 2.77. The molecule has 0 saturated heterocycles. The summed E-state index contributed by atoms with van der Waals surface area (Å²) in [6.07, 6.45) is 0.253. The topological polar surface area (TPSA) is 38.3 Å². The van der Waals surface area contributed by atoms with E-state index >= 15 is 0 Å². The lowest BCUT2D eigenvalue weighted by Crippen LogP contribution is -2.29. The van der Waals surface area contributed by atoms with E-state index < -0.39 is 23.6 Å². The van der Waals surface area contributed by atoms with Crippen LogP contribution >= 0.6 is 0 Å². The molecular formula is C11H11F2NO2. The molecule has 1 aliphatic rings. The van der Waals surface area contributed by atoms with E-state index in [0.717, 1.165) is 6.07 Å². The average molecular weight is 227 g/mol. The summed E-state index contributed by atoms with van der Waals surface area (Å²) in [5.41, 5.74) is 0.662. The maximum Gasteiger partial charge on any atom is 0.328 e. The number of anilines is 1. The molecule has 3 nitrogen and oxygen atoms in total. The van der Waals surface area contributed by atoms with Crippen LogP contribution in [0.15, 0.2) is 12.1 Å². The van der Waals surface area contributed by atoms with E-state index in [2.05, 4.69) is 5.32 Å². The summed E-state index contributed by atoms with van der Waals surface area (Å²) in [6.45, 7) is 1.96. The van der Waals surface area contributed by atoms with Gasteiger partial charge in [-0.2, -0.15) is 0 Å². The summed E-state index contributed by atoms with van der Waals surface area (Å²) < 4.78 is 31.0. The summed E-state index contributed by atoms with van der Waals surface area (Å²) >= 11 is 0. The Labute approximate surface area is 91.4 Å². The van der Waals surface area contributed by atoms with Gasteiger partial charge in [-0.25, -0.2) is 13.6 Å². The van der Waals surface area contributed by atoms with E-state index in [1.807, 2.05) is 0 Å². The third-order valence-corrected chi connectivity index (χ3v) is 2.45. The molecule has 16 heavy (non-hydrogen) atoms. The van der Waals surface area contributed by atoms with Crippen LogP contribution in [0.4, 0.5) is 14.5 Å². The largest absolute Gasteiger partial charge is 0.464 e. The number of carbonyl (C=O) groups is 1. The fourth-order valence-corrected chi connectivity index (χ4v) is 1.78. The Morgan fingerprint density at radius 2 is 2.31 bits per heavy atom. The van der Waals surface area contributed by atoms with Crippen LogP contribution in [0, 0.1) is 11.6 Å². The molecule has 0 bridgehead atoms. The molecule has 1 aromatic carbocycles. The molecule has 0 aromatic heterocycles. The van der Waals surface area contributed by atoms with E-state index in [0.29, 0.717) is 5.56 Å². The molecule has 0 aliphatic carbocycles. The van der Waals surface area contributed by atoms with Crippen LogP contribution in [0.5, 0.6) is 0 Å². The lowest BCUT2D eigenvalue weighted by Gasteiger charge is -2.09. The first-order valence-corrected chi connectivity index (χ1v) is 5.03. The van der Waals surface area contributed by atoms with Crippen molar-refractivity contribution in [3.05, 3.63) is 29.3 Å². The van der Waals surface area contributed by atoms with Gasteiger partial charge in [0.15, 0.2) is 0 Å². The smallest absolute Gasteiger partial charge is 0.328 e. The maximum absolute atomic E-state index is 13.3. The minimum absolute atomic E-state index is 0.194. The van der Waals surface area contributed by atoms with Gasteiger partial charge in [0.05, 0.1) is 12.3 Å². The minimum atomic E-state index is -0.679. The second-order valence-corrected chi connectivity index (χ2v) is 3.57. The minimum Gasteiger partial charge on any atom is -0.464 e. The van der Waals surface area contributed by atoms with Crippen LogP contribution in [0.1, 0.15) is 12.5 Å². The zero-order valence-electron chi connectivity index (χ0n) is 8.72. The van der Waals surface area contributed by atoms with Crippen LogP contribution in [0.3, 0.4) is 0 Å². The first kappa shape index (κ1) is 10.9. The van der Waals surface area contributed by atoms with E-state index in [1.54, 1.807) is 6.92 Å². The van der Waals surface area contributed by atoms with Crippen LogP contribution < -0.4 is 5.32 Å². The molecule has 0 fully saturated rings.